The molecule has 0 bridgehead atoms. The Kier molecular flexibility index (Phi) is 7.52. The van der Waals surface area contributed by atoms with Crippen molar-refractivity contribution in [2.75, 3.05) is 40.0 Å². The first-order valence-electron chi connectivity index (χ1n) is 11.6. The maximum absolute atomic E-state index is 13.2. The summed E-state index contributed by atoms with van der Waals surface area (Å²) in [6.07, 6.45) is 4.39. The Morgan fingerprint density at radius 1 is 1.03 bits per heavy atom. The van der Waals surface area contributed by atoms with E-state index in [1.54, 1.807) is 30.0 Å². The van der Waals surface area contributed by atoms with E-state index in [1.807, 2.05) is 37.3 Å². The van der Waals surface area contributed by atoms with Crippen molar-refractivity contribution >= 4 is 10.8 Å². The number of nitrogens with zero attached hydrogens (tertiary/aromatic N) is 2. The molecule has 3 aromatic rings. The number of fused-ring (bicyclic) bond motifs is 1. The molecule has 176 valence electrons. The van der Waals surface area contributed by atoms with E-state index in [-0.39, 0.29) is 12.2 Å². The van der Waals surface area contributed by atoms with Gasteiger partial charge >= 0.3 is 0 Å². The van der Waals surface area contributed by atoms with Crippen LogP contribution in [0.1, 0.15) is 26.2 Å². The smallest absolute Gasteiger partial charge is 0.262 e. The van der Waals surface area contributed by atoms with Crippen LogP contribution in [0.15, 0.2) is 53.5 Å². The number of benzene rings is 2. The average molecular weight is 453 g/mol. The zero-order valence-electron chi connectivity index (χ0n) is 19.3. The monoisotopic (exact) mass is 452 g/mol. The van der Waals surface area contributed by atoms with Crippen LogP contribution in [0.4, 0.5) is 0 Å². The average Bonchev–Trinajstić information content (AvgIpc) is 3.36. The van der Waals surface area contributed by atoms with Crippen molar-refractivity contribution < 1.29 is 19.3 Å². The number of hydrogen-bond acceptors (Lipinski definition) is 6. The molecule has 0 radical (unpaired) electrons. The Hall–Kier alpha value is -3.03. The predicted molar refractivity (Wildman–Crippen MR) is 129 cm³/mol. The van der Waals surface area contributed by atoms with Gasteiger partial charge in [-0.1, -0.05) is 6.92 Å². The number of rotatable bonds is 10. The minimum absolute atomic E-state index is 0.127. The van der Waals surface area contributed by atoms with Gasteiger partial charge in [-0.3, -0.25) is 14.3 Å². The number of pyridine rings is 1. The molecule has 2 aromatic carbocycles. The second kappa shape index (κ2) is 10.7. The van der Waals surface area contributed by atoms with E-state index < -0.39 is 6.10 Å². The van der Waals surface area contributed by atoms with E-state index >= 15 is 0 Å². The fourth-order valence-corrected chi connectivity index (χ4v) is 4.05. The first-order chi connectivity index (χ1) is 16.1. The van der Waals surface area contributed by atoms with E-state index in [0.29, 0.717) is 41.3 Å². The number of aliphatic hydroxyl groups is 1. The van der Waals surface area contributed by atoms with Gasteiger partial charge in [0.15, 0.2) is 11.5 Å². The first-order valence-corrected chi connectivity index (χ1v) is 11.6. The molecule has 0 spiro atoms. The number of aliphatic hydroxyl groups excluding tert-OH is 1. The van der Waals surface area contributed by atoms with Gasteiger partial charge < -0.3 is 19.3 Å². The summed E-state index contributed by atoms with van der Waals surface area (Å²) in [5, 5.41) is 11.1. The van der Waals surface area contributed by atoms with Gasteiger partial charge in [0.25, 0.3) is 5.56 Å². The highest BCUT2D eigenvalue weighted by Crippen LogP contribution is 2.29. The highest BCUT2D eigenvalue weighted by atomic mass is 16.5. The summed E-state index contributed by atoms with van der Waals surface area (Å²) in [7, 11) is 1.60. The normalized spacial score (nSPS) is 15.0. The van der Waals surface area contributed by atoms with Crippen molar-refractivity contribution in [1.29, 1.82) is 0 Å². The van der Waals surface area contributed by atoms with Gasteiger partial charge in [-0.2, -0.15) is 0 Å². The lowest BCUT2D eigenvalue weighted by atomic mass is 10.1. The van der Waals surface area contributed by atoms with Gasteiger partial charge in [-0.05, 0) is 74.1 Å². The summed E-state index contributed by atoms with van der Waals surface area (Å²) < 4.78 is 18.7. The maximum Gasteiger partial charge on any atom is 0.262 e. The molecule has 1 aromatic heterocycles. The molecule has 1 fully saturated rings. The van der Waals surface area contributed by atoms with E-state index in [9.17, 15) is 9.90 Å². The molecule has 1 saturated heterocycles. The molecule has 7 heteroatoms. The third-order valence-electron chi connectivity index (χ3n) is 6.08. The van der Waals surface area contributed by atoms with Crippen molar-refractivity contribution in [1.82, 2.24) is 9.47 Å². The van der Waals surface area contributed by atoms with Gasteiger partial charge in [0.2, 0.25) is 0 Å². The zero-order valence-corrected chi connectivity index (χ0v) is 19.3. The molecule has 7 nitrogen and oxygen atoms in total. The van der Waals surface area contributed by atoms with E-state index in [2.05, 4.69) is 4.90 Å². The molecule has 4 rings (SSSR count). The summed E-state index contributed by atoms with van der Waals surface area (Å²) >= 11 is 0. The topological polar surface area (TPSA) is 73.2 Å². The lowest BCUT2D eigenvalue weighted by Gasteiger charge is -2.17. The Morgan fingerprint density at radius 2 is 1.85 bits per heavy atom. The van der Waals surface area contributed by atoms with Crippen LogP contribution in [0.25, 0.3) is 16.5 Å². The largest absolute Gasteiger partial charge is 0.493 e. The fourth-order valence-electron chi connectivity index (χ4n) is 4.05. The fraction of sp³-hybridized carbons (Fsp3) is 0.423. The van der Waals surface area contributed by atoms with E-state index in [4.69, 9.17) is 14.2 Å². The molecule has 0 aliphatic carbocycles. The third-order valence-corrected chi connectivity index (χ3v) is 6.08. The molecular weight excluding hydrogens is 420 g/mol. The highest BCUT2D eigenvalue weighted by molar-refractivity contribution is 5.83. The molecule has 1 aliphatic heterocycles. The minimum Gasteiger partial charge on any atom is -0.493 e. The zero-order chi connectivity index (χ0) is 23.2. The van der Waals surface area contributed by atoms with Crippen LogP contribution in [0.2, 0.25) is 0 Å². The molecule has 1 N–H and O–H groups in total. The molecule has 0 amide bonds. The van der Waals surface area contributed by atoms with Crippen LogP contribution < -0.4 is 19.8 Å². The summed E-state index contributed by atoms with van der Waals surface area (Å²) in [5.41, 5.74) is 0.578. The molecule has 1 aliphatic rings. The molecule has 0 saturated carbocycles. The molecule has 33 heavy (non-hydrogen) atoms. The van der Waals surface area contributed by atoms with Crippen LogP contribution in [-0.4, -0.2) is 60.6 Å². The predicted octanol–water partition coefficient (Wildman–Crippen LogP) is 3.62. The van der Waals surface area contributed by atoms with Crippen molar-refractivity contribution in [2.45, 2.75) is 32.3 Å². The molecular formula is C26H32N2O5. The molecule has 1 atom stereocenters. The van der Waals surface area contributed by atoms with Crippen molar-refractivity contribution in [3.05, 3.63) is 59.0 Å². The van der Waals surface area contributed by atoms with E-state index in [1.165, 1.54) is 12.8 Å². The Labute approximate surface area is 194 Å². The van der Waals surface area contributed by atoms with Crippen LogP contribution in [0, 0.1) is 0 Å². The Morgan fingerprint density at radius 3 is 2.61 bits per heavy atom. The minimum atomic E-state index is -0.504. The van der Waals surface area contributed by atoms with Gasteiger partial charge in [0, 0.05) is 24.2 Å². The number of hydrogen-bond donors (Lipinski definition) is 1. The van der Waals surface area contributed by atoms with Crippen molar-refractivity contribution in [2.24, 2.45) is 0 Å². The third kappa shape index (κ3) is 5.49. The summed E-state index contributed by atoms with van der Waals surface area (Å²) in [5.74, 6) is 1.90. The van der Waals surface area contributed by atoms with Crippen molar-refractivity contribution in [3.63, 3.8) is 0 Å². The quantitative estimate of drug-likeness (QED) is 0.507. The van der Waals surface area contributed by atoms with Crippen LogP contribution >= 0.6 is 0 Å². The first kappa shape index (κ1) is 23.1. The van der Waals surface area contributed by atoms with Gasteiger partial charge in [0.1, 0.15) is 19.0 Å². The number of ether oxygens (including phenoxy) is 3. The summed E-state index contributed by atoms with van der Waals surface area (Å²) in [6, 6.07) is 12.8. The second-order valence-electron chi connectivity index (χ2n) is 8.35. The van der Waals surface area contributed by atoms with Crippen LogP contribution in [-0.2, 0) is 0 Å². The highest BCUT2D eigenvalue weighted by Gasteiger charge is 2.13. The van der Waals surface area contributed by atoms with Gasteiger partial charge in [0.05, 0.1) is 18.9 Å². The van der Waals surface area contributed by atoms with Crippen LogP contribution in [0.3, 0.4) is 0 Å². The number of likely N-dealkylation sites (tertiary alicyclic amines) is 1. The SMILES string of the molecule is CC[C@@H](O)COc1ccc2c(=O)n(-c3ccc(OCCN4CCCC4)c(OC)c3)ccc2c1. The van der Waals surface area contributed by atoms with Gasteiger partial charge in [-0.15, -0.1) is 0 Å². The lowest BCUT2D eigenvalue weighted by Crippen LogP contribution is -2.25. The maximum atomic E-state index is 13.2. The summed E-state index contributed by atoms with van der Waals surface area (Å²) in [4.78, 5) is 15.6. The van der Waals surface area contributed by atoms with E-state index in [0.717, 1.165) is 25.0 Å². The molecule has 0 unspecified atom stereocenters. The number of aromatic nitrogens is 1. The van der Waals surface area contributed by atoms with Gasteiger partial charge in [-0.25, -0.2) is 0 Å². The lowest BCUT2D eigenvalue weighted by molar-refractivity contribution is 0.104. The second-order valence-corrected chi connectivity index (χ2v) is 8.35. The standard InChI is InChI=1S/C26H32N2O5/c1-3-21(29)18-33-22-7-8-23-19(16-22)10-13-28(26(23)30)20-6-9-24(25(17-20)31-2)32-15-14-27-11-4-5-12-27/h6-10,13,16-17,21,29H,3-5,11-12,14-15,18H2,1-2H3/t21-/m1/s1. The summed E-state index contributed by atoms with van der Waals surface area (Å²) in [6.45, 7) is 5.91. The Balaban J connectivity index is 1.52. The Bertz CT molecular complexity index is 1140. The molecule has 2 heterocycles. The number of methoxy groups -OCH3 is 1. The van der Waals surface area contributed by atoms with Crippen molar-refractivity contribution in [3.8, 4) is 22.9 Å². The van der Waals surface area contributed by atoms with Crippen LogP contribution in [0.5, 0.6) is 17.2 Å².